The summed E-state index contributed by atoms with van der Waals surface area (Å²) >= 11 is 6.80. The van der Waals surface area contributed by atoms with E-state index in [-0.39, 0.29) is 4.91 Å². The number of amides is 2. The van der Waals surface area contributed by atoms with Crippen molar-refractivity contribution >= 4 is 51.6 Å². The van der Waals surface area contributed by atoms with Crippen LogP contribution in [0.25, 0.3) is 17.0 Å². The number of thioether (sulfide) groups is 1. The molecule has 1 N–H and O–H groups in total. The molecule has 1 aromatic carbocycles. The number of hydrogen-bond acceptors (Lipinski definition) is 5. The minimum Gasteiger partial charge on any atom is -0.455 e. The molecule has 3 aromatic rings. The first-order valence-corrected chi connectivity index (χ1v) is 8.68. The molecule has 7 heteroatoms. The van der Waals surface area contributed by atoms with Crippen LogP contribution in [0.4, 0.5) is 4.79 Å². The third-order valence-corrected chi connectivity index (χ3v) is 4.57. The Morgan fingerprint density at radius 2 is 2.08 bits per heavy atom. The van der Waals surface area contributed by atoms with Crippen molar-refractivity contribution in [3.8, 4) is 11.8 Å². The fraction of sp³-hybridized carbons (Fsp3) is 0. The topological polar surface area (TPSA) is 72.2 Å². The van der Waals surface area contributed by atoms with E-state index in [1.54, 1.807) is 30.6 Å². The monoisotopic (exact) mass is 380 g/mol. The first-order valence-electron chi connectivity index (χ1n) is 7.48. The number of pyridine rings is 1. The van der Waals surface area contributed by atoms with Crippen molar-refractivity contribution < 1.29 is 14.0 Å². The molecule has 2 amide bonds. The SMILES string of the molecule is O=C1NC(=O)/C(=C\c2cc3cncc(C#Cc4cccc(Cl)c4)c3o2)S1. The Balaban J connectivity index is 1.72. The molecule has 126 valence electrons. The van der Waals surface area contributed by atoms with Crippen molar-refractivity contribution in [3.05, 3.63) is 69.5 Å². The molecule has 1 fully saturated rings. The molecule has 2 aromatic heterocycles. The van der Waals surface area contributed by atoms with Crippen molar-refractivity contribution in [2.45, 2.75) is 0 Å². The molecular formula is C19H9ClN2O3S. The lowest BCUT2D eigenvalue weighted by Gasteiger charge is -1.93. The Morgan fingerprint density at radius 3 is 2.85 bits per heavy atom. The molecule has 1 saturated heterocycles. The fourth-order valence-corrected chi connectivity index (χ4v) is 3.25. The molecule has 0 spiro atoms. The second kappa shape index (κ2) is 6.71. The molecular weight excluding hydrogens is 372 g/mol. The van der Waals surface area contributed by atoms with Gasteiger partial charge in [-0.1, -0.05) is 29.5 Å². The number of fused-ring (bicyclic) bond motifs is 1. The molecule has 4 rings (SSSR count). The maximum Gasteiger partial charge on any atom is 0.290 e. The highest BCUT2D eigenvalue weighted by molar-refractivity contribution is 8.18. The minimum absolute atomic E-state index is 0.286. The molecule has 1 aliphatic rings. The number of benzene rings is 1. The molecule has 0 saturated carbocycles. The number of imide groups is 1. The third-order valence-electron chi connectivity index (χ3n) is 3.52. The standard InChI is InChI=1S/C19H9ClN2O3S/c20-14-3-1-2-11(6-14)4-5-12-9-21-10-13-7-15(25-17(12)13)8-16-18(23)22-19(24)26-16/h1-3,6-10H,(H,22,23,24)/b16-8+. The highest BCUT2D eigenvalue weighted by atomic mass is 35.5. The number of furan rings is 1. The van der Waals surface area contributed by atoms with Gasteiger partial charge >= 0.3 is 0 Å². The maximum atomic E-state index is 11.6. The van der Waals surface area contributed by atoms with Gasteiger partial charge in [0, 0.05) is 34.4 Å². The Labute approximate surface area is 157 Å². The van der Waals surface area contributed by atoms with E-state index in [9.17, 15) is 9.59 Å². The number of rotatable bonds is 1. The van der Waals surface area contributed by atoms with Crippen LogP contribution in [0.2, 0.25) is 5.02 Å². The second-order valence-corrected chi connectivity index (χ2v) is 6.82. The van der Waals surface area contributed by atoms with Gasteiger partial charge in [0.1, 0.15) is 5.76 Å². The van der Waals surface area contributed by atoms with Gasteiger partial charge in [0.05, 0.1) is 10.5 Å². The number of aromatic nitrogens is 1. The van der Waals surface area contributed by atoms with E-state index in [1.807, 2.05) is 12.1 Å². The van der Waals surface area contributed by atoms with E-state index in [4.69, 9.17) is 16.0 Å². The van der Waals surface area contributed by atoms with Gasteiger partial charge in [-0.25, -0.2) is 0 Å². The molecule has 0 atom stereocenters. The first kappa shape index (κ1) is 16.5. The van der Waals surface area contributed by atoms with E-state index in [0.29, 0.717) is 21.9 Å². The van der Waals surface area contributed by atoms with Crippen LogP contribution in [0, 0.1) is 11.8 Å². The zero-order valence-electron chi connectivity index (χ0n) is 13.1. The number of carbonyl (C=O) groups excluding carboxylic acids is 2. The number of nitrogens with zero attached hydrogens (tertiary/aromatic N) is 1. The second-order valence-electron chi connectivity index (χ2n) is 5.37. The average molecular weight is 381 g/mol. The van der Waals surface area contributed by atoms with E-state index in [1.165, 1.54) is 6.08 Å². The predicted molar refractivity (Wildman–Crippen MR) is 101 cm³/mol. The van der Waals surface area contributed by atoms with Gasteiger partial charge < -0.3 is 4.42 Å². The lowest BCUT2D eigenvalue weighted by atomic mass is 10.2. The molecule has 0 unspecified atom stereocenters. The Bertz CT molecular complexity index is 1150. The summed E-state index contributed by atoms with van der Waals surface area (Å²) in [4.78, 5) is 27.3. The minimum atomic E-state index is -0.431. The van der Waals surface area contributed by atoms with Crippen molar-refractivity contribution in [2.24, 2.45) is 0 Å². The van der Waals surface area contributed by atoms with Crippen LogP contribution in [0.1, 0.15) is 16.9 Å². The van der Waals surface area contributed by atoms with Crippen molar-refractivity contribution in [2.75, 3.05) is 0 Å². The Kier molecular flexibility index (Phi) is 4.25. The van der Waals surface area contributed by atoms with Gasteiger partial charge in [-0.05, 0) is 36.0 Å². The lowest BCUT2D eigenvalue weighted by Crippen LogP contribution is -2.17. The summed E-state index contributed by atoms with van der Waals surface area (Å²) in [7, 11) is 0. The number of carbonyl (C=O) groups is 2. The van der Waals surface area contributed by atoms with E-state index >= 15 is 0 Å². The average Bonchev–Trinajstić information content (AvgIpc) is 3.15. The quantitative estimate of drug-likeness (QED) is 0.506. The normalized spacial score (nSPS) is 15.2. The molecule has 26 heavy (non-hydrogen) atoms. The fourth-order valence-electron chi connectivity index (χ4n) is 2.40. The van der Waals surface area contributed by atoms with Crippen LogP contribution >= 0.6 is 23.4 Å². The molecule has 0 radical (unpaired) electrons. The summed E-state index contributed by atoms with van der Waals surface area (Å²) in [6.45, 7) is 0. The van der Waals surface area contributed by atoms with Crippen LogP contribution in [0.5, 0.6) is 0 Å². The van der Waals surface area contributed by atoms with Gasteiger partial charge in [0.15, 0.2) is 5.58 Å². The highest BCUT2D eigenvalue weighted by Crippen LogP contribution is 2.28. The van der Waals surface area contributed by atoms with E-state index < -0.39 is 11.1 Å². The van der Waals surface area contributed by atoms with Gasteiger partial charge in [-0.3, -0.25) is 19.9 Å². The molecule has 0 aliphatic carbocycles. The van der Waals surface area contributed by atoms with Crippen LogP contribution < -0.4 is 5.32 Å². The van der Waals surface area contributed by atoms with Crippen molar-refractivity contribution in [1.82, 2.24) is 10.3 Å². The summed E-state index contributed by atoms with van der Waals surface area (Å²) in [5.74, 6) is 6.08. The molecule has 1 aliphatic heterocycles. The summed E-state index contributed by atoms with van der Waals surface area (Å²) in [5.41, 5.74) is 1.96. The van der Waals surface area contributed by atoms with Gasteiger partial charge in [0.25, 0.3) is 11.1 Å². The summed E-state index contributed by atoms with van der Waals surface area (Å²) < 4.78 is 5.81. The lowest BCUT2D eigenvalue weighted by molar-refractivity contribution is -0.115. The Morgan fingerprint density at radius 1 is 1.19 bits per heavy atom. The van der Waals surface area contributed by atoms with Gasteiger partial charge in [0.2, 0.25) is 0 Å². The smallest absolute Gasteiger partial charge is 0.290 e. The van der Waals surface area contributed by atoms with Crippen LogP contribution in [0.15, 0.2) is 52.0 Å². The van der Waals surface area contributed by atoms with Crippen LogP contribution in [-0.2, 0) is 4.79 Å². The number of nitrogens with one attached hydrogen (secondary N) is 1. The first-order chi connectivity index (χ1) is 12.6. The molecule has 3 heterocycles. The predicted octanol–water partition coefficient (Wildman–Crippen LogP) is 4.20. The number of hydrogen-bond donors (Lipinski definition) is 1. The molecule has 5 nitrogen and oxygen atoms in total. The molecule has 0 bridgehead atoms. The van der Waals surface area contributed by atoms with Crippen LogP contribution in [0.3, 0.4) is 0 Å². The van der Waals surface area contributed by atoms with Crippen molar-refractivity contribution in [1.29, 1.82) is 0 Å². The van der Waals surface area contributed by atoms with E-state index in [0.717, 1.165) is 22.7 Å². The van der Waals surface area contributed by atoms with Gasteiger partial charge in [-0.15, -0.1) is 0 Å². The van der Waals surface area contributed by atoms with Gasteiger partial charge in [-0.2, -0.15) is 0 Å². The summed E-state index contributed by atoms with van der Waals surface area (Å²) in [6.07, 6.45) is 4.79. The Hall–Kier alpha value is -3.01. The zero-order valence-corrected chi connectivity index (χ0v) is 14.6. The maximum absolute atomic E-state index is 11.6. The zero-order chi connectivity index (χ0) is 18.1. The van der Waals surface area contributed by atoms with Crippen LogP contribution in [-0.4, -0.2) is 16.1 Å². The summed E-state index contributed by atoms with van der Waals surface area (Å²) in [5, 5.41) is 3.18. The highest BCUT2D eigenvalue weighted by Gasteiger charge is 2.25. The summed E-state index contributed by atoms with van der Waals surface area (Å²) in [6, 6.07) is 8.98. The van der Waals surface area contributed by atoms with E-state index in [2.05, 4.69) is 22.1 Å². The largest absolute Gasteiger partial charge is 0.455 e. The third kappa shape index (κ3) is 3.36. The van der Waals surface area contributed by atoms with Crippen molar-refractivity contribution in [3.63, 3.8) is 0 Å². The number of halogens is 1.